The van der Waals surface area contributed by atoms with Gasteiger partial charge in [0.05, 0.1) is 0 Å². The number of nitrogens with zero attached hydrogens (tertiary/aromatic N) is 1. The van der Waals surface area contributed by atoms with Gasteiger partial charge in [-0.1, -0.05) is 136 Å². The van der Waals surface area contributed by atoms with Crippen LogP contribution in [0.25, 0.3) is 5.32 Å². The number of fused-ring (bicyclic) bond motifs is 2. The molecule has 0 amide bonds. The summed E-state index contributed by atoms with van der Waals surface area (Å²) in [6.07, 6.45) is 25.8. The Hall–Kier alpha value is -0.132. The first-order chi connectivity index (χ1) is 18.4. The molecule has 0 spiro atoms. The Labute approximate surface area is 261 Å². The van der Waals surface area contributed by atoms with Crippen molar-refractivity contribution < 1.29 is 21.1 Å². The topological polar surface area (TPSA) is 14.1 Å². The van der Waals surface area contributed by atoms with Gasteiger partial charge >= 0.3 is 0 Å². The van der Waals surface area contributed by atoms with Gasteiger partial charge in [-0.2, -0.15) is 0 Å². The Kier molecular flexibility index (Phi) is 23.4. The monoisotopic (exact) mass is 710 g/mol. The molecule has 0 saturated heterocycles. The van der Waals surface area contributed by atoms with Crippen molar-refractivity contribution in [2.75, 3.05) is 6.54 Å². The van der Waals surface area contributed by atoms with Crippen LogP contribution in [0.1, 0.15) is 165 Å². The summed E-state index contributed by atoms with van der Waals surface area (Å²) >= 11 is 0. The van der Waals surface area contributed by atoms with E-state index in [4.69, 9.17) is 5.32 Å². The zero-order valence-corrected chi connectivity index (χ0v) is 30.7. The van der Waals surface area contributed by atoms with Crippen molar-refractivity contribution in [1.82, 2.24) is 0 Å². The van der Waals surface area contributed by atoms with E-state index >= 15 is 0 Å². The quantitative estimate of drug-likeness (QED) is 0.169. The van der Waals surface area contributed by atoms with Crippen molar-refractivity contribution in [2.45, 2.75) is 171 Å². The number of rotatable bonds is 13. The Morgan fingerprint density at radius 3 is 2.31 bits per heavy atom. The molecule has 0 heterocycles. The molecule has 1 fully saturated rings. The van der Waals surface area contributed by atoms with Crippen LogP contribution in [-0.4, -0.2) is 12.6 Å². The molecule has 0 aromatic heterocycles. The Morgan fingerprint density at radius 1 is 0.974 bits per heavy atom. The summed E-state index contributed by atoms with van der Waals surface area (Å²) in [6, 6.07) is 0.497. The summed E-state index contributed by atoms with van der Waals surface area (Å²) in [7, 11) is 0. The molecule has 3 aliphatic rings. The number of hydrogen-bond acceptors (Lipinski definition) is 0. The normalized spacial score (nSPS) is 23.0. The molecule has 0 aromatic carbocycles. The van der Waals surface area contributed by atoms with E-state index in [1.165, 1.54) is 115 Å². The van der Waals surface area contributed by atoms with E-state index in [2.05, 4.69) is 54.2 Å². The van der Waals surface area contributed by atoms with E-state index in [9.17, 15) is 0 Å². The third-order valence-electron chi connectivity index (χ3n) is 9.23. The van der Waals surface area contributed by atoms with Crippen LogP contribution in [0.15, 0.2) is 34.9 Å². The van der Waals surface area contributed by atoms with Crippen LogP contribution in [0.2, 0.25) is 0 Å². The summed E-state index contributed by atoms with van der Waals surface area (Å²) in [5, 5.41) is 4.86. The molecule has 0 bridgehead atoms. The van der Waals surface area contributed by atoms with Crippen molar-refractivity contribution in [1.29, 1.82) is 0 Å². The van der Waals surface area contributed by atoms with Crippen LogP contribution in [0.4, 0.5) is 0 Å². The molecule has 1 nitrogen and oxygen atoms in total. The summed E-state index contributed by atoms with van der Waals surface area (Å²) in [4.78, 5) is 0. The van der Waals surface area contributed by atoms with Gasteiger partial charge < -0.3 is 5.32 Å². The first-order valence-electron chi connectivity index (χ1n) is 17.2. The zero-order valence-electron chi connectivity index (χ0n) is 27.8. The summed E-state index contributed by atoms with van der Waals surface area (Å²) in [5.74, 6) is 3.59. The second kappa shape index (κ2) is 23.4. The largest absolute Gasteiger partial charge is 0.660 e. The van der Waals surface area contributed by atoms with Crippen LogP contribution in [0, 0.1) is 23.7 Å². The van der Waals surface area contributed by atoms with Gasteiger partial charge in [0.1, 0.15) is 0 Å². The third-order valence-corrected chi connectivity index (χ3v) is 9.23. The first-order valence-corrected chi connectivity index (χ1v) is 17.2. The van der Waals surface area contributed by atoms with Crippen LogP contribution in [-0.2, 0) is 21.1 Å². The molecular formula is C37H68NW-. The molecule has 0 N–H and O–H groups in total. The van der Waals surface area contributed by atoms with Gasteiger partial charge in [-0.15, -0.1) is 12.6 Å². The molecule has 0 aliphatic heterocycles. The molecule has 3 aliphatic carbocycles. The van der Waals surface area contributed by atoms with Gasteiger partial charge in [-0.05, 0) is 87.5 Å². The maximum atomic E-state index is 4.86. The van der Waals surface area contributed by atoms with Gasteiger partial charge in [0.25, 0.3) is 0 Å². The molecule has 1 saturated carbocycles. The SMILES string of the molecule is C=C(CCC)CCC(CC)CCCC.CC.CCC1=CC2=C(CC1)CC(C[N-]C(C)C)CC1CCCCC21.[W]. The van der Waals surface area contributed by atoms with E-state index in [-0.39, 0.29) is 21.1 Å². The molecule has 0 aromatic rings. The van der Waals surface area contributed by atoms with Gasteiger partial charge in [-0.3, -0.25) is 0 Å². The van der Waals surface area contributed by atoms with Crippen LogP contribution < -0.4 is 0 Å². The molecule has 0 radical (unpaired) electrons. The van der Waals surface area contributed by atoms with Crippen molar-refractivity contribution >= 4 is 0 Å². The van der Waals surface area contributed by atoms with Gasteiger partial charge in [0.15, 0.2) is 0 Å². The number of hydrogen-bond donors (Lipinski definition) is 0. The zero-order chi connectivity index (χ0) is 28.3. The van der Waals surface area contributed by atoms with Crippen LogP contribution in [0.5, 0.6) is 0 Å². The van der Waals surface area contributed by atoms with Crippen LogP contribution in [0.3, 0.4) is 0 Å². The predicted octanol–water partition coefficient (Wildman–Crippen LogP) is 12.8. The molecule has 4 unspecified atom stereocenters. The minimum absolute atomic E-state index is 0. The second-order valence-corrected chi connectivity index (χ2v) is 12.6. The minimum atomic E-state index is 0. The molecule has 3 rings (SSSR count). The number of unbranched alkanes of at least 4 members (excludes halogenated alkanes) is 1. The summed E-state index contributed by atoms with van der Waals surface area (Å²) in [6.45, 7) is 22.8. The van der Waals surface area contributed by atoms with E-state index in [1.807, 2.05) is 19.4 Å². The maximum Gasteiger partial charge on any atom is 0 e. The van der Waals surface area contributed by atoms with E-state index in [1.54, 1.807) is 11.1 Å². The summed E-state index contributed by atoms with van der Waals surface area (Å²) in [5.41, 5.74) is 6.77. The maximum absolute atomic E-state index is 4.86. The smallest absolute Gasteiger partial charge is 0 e. The average molecular weight is 711 g/mol. The van der Waals surface area contributed by atoms with E-state index in [0.717, 1.165) is 30.2 Å². The Bertz CT molecular complexity index is 688. The Balaban J connectivity index is 0.000000744. The van der Waals surface area contributed by atoms with E-state index in [0.29, 0.717) is 6.04 Å². The first kappa shape index (κ1) is 38.9. The van der Waals surface area contributed by atoms with Crippen molar-refractivity contribution in [2.24, 2.45) is 23.7 Å². The van der Waals surface area contributed by atoms with Gasteiger partial charge in [0, 0.05) is 21.1 Å². The van der Waals surface area contributed by atoms with Crippen LogP contribution >= 0.6 is 0 Å². The Morgan fingerprint density at radius 2 is 1.69 bits per heavy atom. The number of allylic oxidation sites excluding steroid dienone is 5. The fourth-order valence-electron chi connectivity index (χ4n) is 6.91. The van der Waals surface area contributed by atoms with Crippen molar-refractivity contribution in [3.8, 4) is 0 Å². The predicted molar refractivity (Wildman–Crippen MR) is 174 cm³/mol. The average Bonchev–Trinajstić information content (AvgIpc) is 3.09. The minimum Gasteiger partial charge on any atom is -0.660 e. The fraction of sp³-hybridized carbons (Fsp3) is 0.838. The van der Waals surface area contributed by atoms with Crippen molar-refractivity contribution in [3.05, 3.63) is 40.3 Å². The molecule has 4 atom stereocenters. The van der Waals surface area contributed by atoms with Crippen molar-refractivity contribution in [3.63, 3.8) is 0 Å². The third kappa shape index (κ3) is 15.1. The van der Waals surface area contributed by atoms with E-state index < -0.39 is 0 Å². The fourth-order valence-corrected chi connectivity index (χ4v) is 6.91. The summed E-state index contributed by atoms with van der Waals surface area (Å²) < 4.78 is 0. The van der Waals surface area contributed by atoms with Gasteiger partial charge in [0.2, 0.25) is 0 Å². The van der Waals surface area contributed by atoms with Gasteiger partial charge in [-0.25, -0.2) is 0 Å². The molecule has 2 heteroatoms. The molecule has 228 valence electrons. The second-order valence-electron chi connectivity index (χ2n) is 12.6. The molecule has 39 heavy (non-hydrogen) atoms. The standard InChI is InChI=1S/C21H34N.C14H28.C2H6.W/c1-4-16-9-10-19-12-17(14-22-15(2)3)11-18-7-5-6-8-20(18)21(19)13-16;1-5-8-10-14(7-3)12-11-13(4)9-6-2;1-2;/h13,15,17-18,20H,4-12,14H2,1-3H3;14H,4-12H2,1-3H3;1-2H3;/q-1;;;. The molecular weight excluding hydrogens is 642 g/mol.